The highest BCUT2D eigenvalue weighted by atomic mass is 19.1. The van der Waals surface area contributed by atoms with E-state index >= 15 is 0 Å². The number of amides is 2. The van der Waals surface area contributed by atoms with Crippen LogP contribution in [0.3, 0.4) is 0 Å². The molecule has 0 spiro atoms. The van der Waals surface area contributed by atoms with Crippen molar-refractivity contribution in [3.63, 3.8) is 0 Å². The molecule has 7 heteroatoms. The third-order valence-corrected chi connectivity index (χ3v) is 5.13. The number of benzene rings is 1. The van der Waals surface area contributed by atoms with Gasteiger partial charge in [0.2, 0.25) is 5.91 Å². The molecule has 2 amide bonds. The topological polar surface area (TPSA) is 97.1 Å². The molecule has 4 N–H and O–H groups in total. The Bertz CT molecular complexity index is 869. The number of carbonyl (C=O) groups excluding carboxylic acids is 2. The van der Waals surface area contributed by atoms with Gasteiger partial charge < -0.3 is 16.4 Å². The molecule has 1 fully saturated rings. The van der Waals surface area contributed by atoms with Crippen LogP contribution in [0.4, 0.5) is 4.39 Å². The molecule has 1 aromatic heterocycles. The number of nitrogens with one attached hydrogen (secondary N) is 2. The van der Waals surface area contributed by atoms with E-state index < -0.39 is 5.54 Å². The summed E-state index contributed by atoms with van der Waals surface area (Å²) in [5.41, 5.74) is 6.66. The Morgan fingerprint density at radius 1 is 1.07 bits per heavy atom. The van der Waals surface area contributed by atoms with Crippen molar-refractivity contribution in [2.24, 2.45) is 5.73 Å². The second-order valence-corrected chi connectivity index (χ2v) is 8.16. The number of halogens is 1. The SMILES string of the molecule is CC(C)(N)C(=O)NC1CCC(NC(=O)c2ccc(-c3cccc(F)c3)nc2)CC1. The lowest BCUT2D eigenvalue weighted by molar-refractivity contribution is -0.126. The Balaban J connectivity index is 1.52. The summed E-state index contributed by atoms with van der Waals surface area (Å²) in [5, 5.41) is 6.01. The number of hydrogen-bond acceptors (Lipinski definition) is 4. The molecule has 0 aliphatic heterocycles. The number of hydrogen-bond donors (Lipinski definition) is 3. The van der Waals surface area contributed by atoms with Gasteiger partial charge in [0.1, 0.15) is 5.82 Å². The Morgan fingerprint density at radius 3 is 2.28 bits per heavy atom. The van der Waals surface area contributed by atoms with Crippen molar-refractivity contribution in [3.05, 3.63) is 54.0 Å². The van der Waals surface area contributed by atoms with Gasteiger partial charge in [0, 0.05) is 23.8 Å². The summed E-state index contributed by atoms with van der Waals surface area (Å²) in [5.74, 6) is -0.666. The average molecular weight is 398 g/mol. The summed E-state index contributed by atoms with van der Waals surface area (Å²) < 4.78 is 13.4. The number of nitrogens with zero attached hydrogens (tertiary/aromatic N) is 1. The van der Waals surface area contributed by atoms with Gasteiger partial charge in [-0.15, -0.1) is 0 Å². The van der Waals surface area contributed by atoms with Gasteiger partial charge in [-0.1, -0.05) is 12.1 Å². The van der Waals surface area contributed by atoms with E-state index in [0.29, 0.717) is 16.8 Å². The van der Waals surface area contributed by atoms with Crippen LogP contribution < -0.4 is 16.4 Å². The van der Waals surface area contributed by atoms with E-state index in [0.717, 1.165) is 25.7 Å². The molecule has 1 aliphatic rings. The van der Waals surface area contributed by atoms with Crippen LogP contribution in [-0.2, 0) is 4.79 Å². The minimum Gasteiger partial charge on any atom is -0.352 e. The molecule has 0 saturated heterocycles. The van der Waals surface area contributed by atoms with Gasteiger partial charge in [-0.05, 0) is 63.8 Å². The first-order valence-corrected chi connectivity index (χ1v) is 9.85. The van der Waals surface area contributed by atoms with Crippen LogP contribution in [0.5, 0.6) is 0 Å². The minimum absolute atomic E-state index is 0.0597. The first-order valence-electron chi connectivity index (χ1n) is 9.85. The molecular formula is C22H27FN4O2. The number of aromatic nitrogens is 1. The lowest BCUT2D eigenvalue weighted by Gasteiger charge is -2.31. The van der Waals surface area contributed by atoms with Crippen molar-refractivity contribution in [3.8, 4) is 11.3 Å². The van der Waals surface area contributed by atoms with E-state index in [-0.39, 0.29) is 29.7 Å². The molecule has 154 valence electrons. The molecule has 1 heterocycles. The average Bonchev–Trinajstić information content (AvgIpc) is 2.69. The smallest absolute Gasteiger partial charge is 0.253 e. The van der Waals surface area contributed by atoms with Crippen molar-refractivity contribution < 1.29 is 14.0 Å². The van der Waals surface area contributed by atoms with Crippen molar-refractivity contribution in [2.45, 2.75) is 57.2 Å². The van der Waals surface area contributed by atoms with Gasteiger partial charge in [0.05, 0.1) is 16.8 Å². The number of carbonyl (C=O) groups is 2. The maximum absolute atomic E-state index is 13.4. The number of pyridine rings is 1. The highest BCUT2D eigenvalue weighted by Crippen LogP contribution is 2.21. The minimum atomic E-state index is -0.893. The molecule has 0 unspecified atom stereocenters. The summed E-state index contributed by atoms with van der Waals surface area (Å²) in [7, 11) is 0. The summed E-state index contributed by atoms with van der Waals surface area (Å²) in [6.07, 6.45) is 4.67. The first-order chi connectivity index (χ1) is 13.7. The van der Waals surface area contributed by atoms with Gasteiger partial charge in [-0.2, -0.15) is 0 Å². The molecule has 1 saturated carbocycles. The van der Waals surface area contributed by atoms with Crippen molar-refractivity contribution in [2.75, 3.05) is 0 Å². The van der Waals surface area contributed by atoms with E-state index in [1.807, 2.05) is 0 Å². The molecule has 0 radical (unpaired) electrons. The van der Waals surface area contributed by atoms with Crippen LogP contribution >= 0.6 is 0 Å². The zero-order valence-corrected chi connectivity index (χ0v) is 16.7. The quantitative estimate of drug-likeness (QED) is 0.721. The van der Waals surface area contributed by atoms with Gasteiger partial charge in [0.25, 0.3) is 5.91 Å². The normalized spacial score (nSPS) is 19.4. The number of rotatable bonds is 5. The van der Waals surface area contributed by atoms with Crippen LogP contribution in [0.15, 0.2) is 42.6 Å². The van der Waals surface area contributed by atoms with Gasteiger partial charge in [0.15, 0.2) is 0 Å². The van der Waals surface area contributed by atoms with Crippen molar-refractivity contribution in [1.82, 2.24) is 15.6 Å². The molecule has 29 heavy (non-hydrogen) atoms. The van der Waals surface area contributed by atoms with Gasteiger partial charge >= 0.3 is 0 Å². The second-order valence-electron chi connectivity index (χ2n) is 8.16. The van der Waals surface area contributed by atoms with E-state index in [2.05, 4.69) is 15.6 Å². The number of nitrogens with two attached hydrogens (primary N) is 1. The summed E-state index contributed by atoms with van der Waals surface area (Å²) in [4.78, 5) is 28.8. The highest BCUT2D eigenvalue weighted by Gasteiger charge is 2.28. The van der Waals surface area contributed by atoms with Gasteiger partial charge in [-0.25, -0.2) is 4.39 Å². The fourth-order valence-corrected chi connectivity index (χ4v) is 3.37. The molecule has 3 rings (SSSR count). The molecule has 1 aliphatic carbocycles. The molecule has 6 nitrogen and oxygen atoms in total. The van der Waals surface area contributed by atoms with Crippen molar-refractivity contribution in [1.29, 1.82) is 0 Å². The Morgan fingerprint density at radius 2 is 1.72 bits per heavy atom. The van der Waals surface area contributed by atoms with Crippen LogP contribution in [0.2, 0.25) is 0 Å². The van der Waals surface area contributed by atoms with Crippen molar-refractivity contribution >= 4 is 11.8 Å². The van der Waals surface area contributed by atoms with Crippen LogP contribution in [0, 0.1) is 5.82 Å². The third kappa shape index (κ3) is 5.60. The Kier molecular flexibility index (Phi) is 6.27. The largest absolute Gasteiger partial charge is 0.352 e. The predicted molar refractivity (Wildman–Crippen MR) is 110 cm³/mol. The molecule has 0 atom stereocenters. The fraction of sp³-hybridized carbons (Fsp3) is 0.409. The Labute approximate surface area is 170 Å². The third-order valence-electron chi connectivity index (χ3n) is 5.13. The summed E-state index contributed by atoms with van der Waals surface area (Å²) >= 11 is 0. The van der Waals surface area contributed by atoms with E-state index in [1.165, 1.54) is 18.3 Å². The molecule has 1 aromatic carbocycles. The summed E-state index contributed by atoms with van der Waals surface area (Å²) in [6, 6.07) is 9.74. The second kappa shape index (κ2) is 8.69. The zero-order valence-electron chi connectivity index (χ0n) is 16.7. The first kappa shape index (κ1) is 20.9. The monoisotopic (exact) mass is 398 g/mol. The zero-order chi connectivity index (χ0) is 21.0. The fourth-order valence-electron chi connectivity index (χ4n) is 3.37. The predicted octanol–water partition coefficient (Wildman–Crippen LogP) is 2.78. The lowest BCUT2D eigenvalue weighted by atomic mass is 9.90. The van der Waals surface area contributed by atoms with E-state index in [4.69, 9.17) is 5.73 Å². The molecular weight excluding hydrogens is 371 g/mol. The molecule has 0 bridgehead atoms. The molecule has 2 aromatic rings. The lowest BCUT2D eigenvalue weighted by Crippen LogP contribution is -2.53. The van der Waals surface area contributed by atoms with Crippen LogP contribution in [0.1, 0.15) is 49.9 Å². The Hall–Kier alpha value is -2.80. The standard InChI is InChI=1S/C22H27FN4O2/c1-22(2,24)21(29)27-18-9-7-17(8-10-18)26-20(28)15-6-11-19(25-13-15)14-4-3-5-16(23)12-14/h3-6,11-13,17-18H,7-10,24H2,1-2H3,(H,26,28)(H,27,29). The van der Waals surface area contributed by atoms with Crippen LogP contribution in [0.25, 0.3) is 11.3 Å². The summed E-state index contributed by atoms with van der Waals surface area (Å²) in [6.45, 7) is 3.36. The maximum atomic E-state index is 13.4. The van der Waals surface area contributed by atoms with E-state index in [9.17, 15) is 14.0 Å². The van der Waals surface area contributed by atoms with Gasteiger partial charge in [-0.3, -0.25) is 14.6 Å². The highest BCUT2D eigenvalue weighted by molar-refractivity contribution is 5.94. The maximum Gasteiger partial charge on any atom is 0.253 e. The van der Waals surface area contributed by atoms with Crippen LogP contribution in [-0.4, -0.2) is 34.4 Å². The van der Waals surface area contributed by atoms with E-state index in [1.54, 1.807) is 38.1 Å².